The molecule has 3 aliphatic rings. The molecule has 3 fully saturated rings. The molecule has 2 bridgehead atoms. The summed E-state index contributed by atoms with van der Waals surface area (Å²) in [6, 6.07) is 5.66. The van der Waals surface area contributed by atoms with Crippen molar-refractivity contribution >= 4 is 0 Å². The van der Waals surface area contributed by atoms with Crippen molar-refractivity contribution in [1.29, 1.82) is 0 Å². The zero-order chi connectivity index (χ0) is 14.6. The number of hydrogen-bond acceptors (Lipinski definition) is 3. The van der Waals surface area contributed by atoms with Gasteiger partial charge < -0.3 is 15.5 Å². The SMILES string of the molecule is CC(NC1CC2CC1C1CCCC21)c1ccc(O)cc1O. The molecule has 0 amide bonds. The van der Waals surface area contributed by atoms with E-state index in [1.807, 2.05) is 6.07 Å². The minimum absolute atomic E-state index is 0.122. The standard InChI is InChI=1S/C18H25NO2/c1-10(13-6-5-12(20)9-18(13)21)19-17-8-11-7-16(17)15-4-2-3-14(11)15/h5-6,9-11,14-17,19-21H,2-4,7-8H2,1H3. The Morgan fingerprint density at radius 2 is 1.90 bits per heavy atom. The van der Waals surface area contributed by atoms with Crippen molar-refractivity contribution in [2.75, 3.05) is 0 Å². The molecular weight excluding hydrogens is 262 g/mol. The van der Waals surface area contributed by atoms with Crippen LogP contribution < -0.4 is 5.32 Å². The van der Waals surface area contributed by atoms with Crippen molar-refractivity contribution in [3.05, 3.63) is 23.8 Å². The maximum Gasteiger partial charge on any atom is 0.124 e. The van der Waals surface area contributed by atoms with Gasteiger partial charge in [-0.1, -0.05) is 12.5 Å². The fraction of sp³-hybridized carbons (Fsp3) is 0.667. The van der Waals surface area contributed by atoms with E-state index in [2.05, 4.69) is 12.2 Å². The lowest BCUT2D eigenvalue weighted by molar-refractivity contribution is 0.199. The molecule has 1 aromatic carbocycles. The molecule has 1 aromatic rings. The monoisotopic (exact) mass is 287 g/mol. The van der Waals surface area contributed by atoms with Crippen LogP contribution in [0.3, 0.4) is 0 Å². The second-order valence-corrected chi connectivity index (χ2v) is 7.39. The molecule has 0 heterocycles. The quantitative estimate of drug-likeness (QED) is 0.796. The number of rotatable bonds is 3. The number of phenolic OH excluding ortho intramolecular Hbond substituents is 2. The summed E-state index contributed by atoms with van der Waals surface area (Å²) in [4.78, 5) is 0. The third-order valence-corrected chi connectivity index (χ3v) is 6.37. The third kappa shape index (κ3) is 2.13. The summed E-state index contributed by atoms with van der Waals surface area (Å²) in [5, 5.41) is 23.2. The number of phenols is 2. The normalized spacial score (nSPS) is 38.6. The topological polar surface area (TPSA) is 52.5 Å². The Balaban J connectivity index is 1.47. The van der Waals surface area contributed by atoms with E-state index in [0.29, 0.717) is 6.04 Å². The minimum atomic E-state index is 0.122. The number of fused-ring (bicyclic) bond motifs is 5. The van der Waals surface area contributed by atoms with E-state index in [1.165, 1.54) is 38.2 Å². The molecule has 3 nitrogen and oxygen atoms in total. The molecular formula is C18H25NO2. The van der Waals surface area contributed by atoms with Crippen LogP contribution in [-0.2, 0) is 0 Å². The highest BCUT2D eigenvalue weighted by Gasteiger charge is 2.53. The molecule has 0 aliphatic heterocycles. The summed E-state index contributed by atoms with van der Waals surface area (Å²) < 4.78 is 0. The van der Waals surface area contributed by atoms with Crippen LogP contribution >= 0.6 is 0 Å². The van der Waals surface area contributed by atoms with E-state index in [4.69, 9.17) is 0 Å². The zero-order valence-electron chi connectivity index (χ0n) is 12.6. The predicted molar refractivity (Wildman–Crippen MR) is 82.2 cm³/mol. The average molecular weight is 287 g/mol. The van der Waals surface area contributed by atoms with Crippen molar-refractivity contribution < 1.29 is 10.2 Å². The first kappa shape index (κ1) is 13.4. The van der Waals surface area contributed by atoms with Crippen molar-refractivity contribution in [1.82, 2.24) is 5.32 Å². The first-order valence-electron chi connectivity index (χ1n) is 8.41. The van der Waals surface area contributed by atoms with E-state index in [-0.39, 0.29) is 17.5 Å². The van der Waals surface area contributed by atoms with Gasteiger partial charge >= 0.3 is 0 Å². The highest BCUT2D eigenvalue weighted by Crippen LogP contribution is 2.58. The van der Waals surface area contributed by atoms with E-state index >= 15 is 0 Å². The van der Waals surface area contributed by atoms with Gasteiger partial charge in [-0.25, -0.2) is 0 Å². The lowest BCUT2D eigenvalue weighted by Crippen LogP contribution is -2.40. The molecule has 21 heavy (non-hydrogen) atoms. The lowest BCUT2D eigenvalue weighted by atomic mass is 9.79. The van der Waals surface area contributed by atoms with Gasteiger partial charge in [0.25, 0.3) is 0 Å². The van der Waals surface area contributed by atoms with Crippen LogP contribution in [0.4, 0.5) is 0 Å². The Morgan fingerprint density at radius 1 is 1.10 bits per heavy atom. The summed E-state index contributed by atoms with van der Waals surface area (Å²) in [7, 11) is 0. The summed E-state index contributed by atoms with van der Waals surface area (Å²) in [6.07, 6.45) is 7.06. The smallest absolute Gasteiger partial charge is 0.124 e. The molecule has 3 saturated carbocycles. The molecule has 3 N–H and O–H groups in total. The van der Waals surface area contributed by atoms with Crippen molar-refractivity contribution in [3.8, 4) is 11.5 Å². The van der Waals surface area contributed by atoms with Gasteiger partial charge in [0.05, 0.1) is 0 Å². The van der Waals surface area contributed by atoms with Crippen LogP contribution in [0.25, 0.3) is 0 Å². The molecule has 0 radical (unpaired) electrons. The first-order valence-corrected chi connectivity index (χ1v) is 8.41. The van der Waals surface area contributed by atoms with Gasteiger partial charge in [-0.3, -0.25) is 0 Å². The van der Waals surface area contributed by atoms with E-state index in [1.54, 1.807) is 6.07 Å². The van der Waals surface area contributed by atoms with Crippen LogP contribution in [0.2, 0.25) is 0 Å². The number of hydrogen-bond donors (Lipinski definition) is 3. The van der Waals surface area contributed by atoms with Gasteiger partial charge in [0.2, 0.25) is 0 Å². The molecule has 0 spiro atoms. The molecule has 3 aliphatic carbocycles. The highest BCUT2D eigenvalue weighted by molar-refractivity contribution is 5.40. The molecule has 0 aromatic heterocycles. The van der Waals surface area contributed by atoms with E-state index in [9.17, 15) is 10.2 Å². The van der Waals surface area contributed by atoms with Crippen LogP contribution in [0, 0.1) is 23.7 Å². The molecule has 0 saturated heterocycles. The van der Waals surface area contributed by atoms with E-state index in [0.717, 1.165) is 29.2 Å². The summed E-state index contributed by atoms with van der Waals surface area (Å²) in [5.74, 6) is 4.09. The van der Waals surface area contributed by atoms with Crippen LogP contribution in [0.15, 0.2) is 18.2 Å². The van der Waals surface area contributed by atoms with Gasteiger partial charge in [0.15, 0.2) is 0 Å². The summed E-state index contributed by atoms with van der Waals surface area (Å²) >= 11 is 0. The Morgan fingerprint density at radius 3 is 2.71 bits per heavy atom. The van der Waals surface area contributed by atoms with Gasteiger partial charge in [-0.15, -0.1) is 0 Å². The molecule has 6 unspecified atom stereocenters. The van der Waals surface area contributed by atoms with Gasteiger partial charge in [0, 0.05) is 23.7 Å². The van der Waals surface area contributed by atoms with Gasteiger partial charge in [-0.2, -0.15) is 0 Å². The van der Waals surface area contributed by atoms with Gasteiger partial charge in [0.1, 0.15) is 11.5 Å². The zero-order valence-corrected chi connectivity index (χ0v) is 12.6. The van der Waals surface area contributed by atoms with Crippen molar-refractivity contribution in [2.24, 2.45) is 23.7 Å². The lowest BCUT2D eigenvalue weighted by Gasteiger charge is -2.34. The Bertz CT molecular complexity index is 544. The number of nitrogens with one attached hydrogen (secondary N) is 1. The van der Waals surface area contributed by atoms with E-state index < -0.39 is 0 Å². The summed E-state index contributed by atoms with van der Waals surface area (Å²) in [6.45, 7) is 2.12. The number of benzene rings is 1. The van der Waals surface area contributed by atoms with Crippen LogP contribution in [0.1, 0.15) is 50.6 Å². The maximum absolute atomic E-state index is 10.0. The minimum Gasteiger partial charge on any atom is -0.508 e. The van der Waals surface area contributed by atoms with Crippen LogP contribution in [0.5, 0.6) is 11.5 Å². The highest BCUT2D eigenvalue weighted by atomic mass is 16.3. The van der Waals surface area contributed by atoms with Crippen LogP contribution in [-0.4, -0.2) is 16.3 Å². The Kier molecular flexibility index (Phi) is 3.14. The molecule has 4 rings (SSSR count). The molecule has 114 valence electrons. The average Bonchev–Trinajstić information content (AvgIpc) is 3.09. The Labute approximate surface area is 126 Å². The van der Waals surface area contributed by atoms with Crippen molar-refractivity contribution in [2.45, 2.75) is 51.1 Å². The predicted octanol–water partition coefficient (Wildman–Crippen LogP) is 3.57. The van der Waals surface area contributed by atoms with Crippen molar-refractivity contribution in [3.63, 3.8) is 0 Å². The maximum atomic E-state index is 10.0. The fourth-order valence-corrected chi connectivity index (χ4v) is 5.57. The van der Waals surface area contributed by atoms with Gasteiger partial charge in [-0.05, 0) is 62.3 Å². The first-order chi connectivity index (χ1) is 10.1. The second kappa shape index (κ2) is 4.91. The number of aromatic hydroxyl groups is 2. The third-order valence-electron chi connectivity index (χ3n) is 6.37. The largest absolute Gasteiger partial charge is 0.508 e. The summed E-state index contributed by atoms with van der Waals surface area (Å²) in [5.41, 5.74) is 0.888. The molecule has 6 atom stereocenters. The molecule has 3 heteroatoms. The Hall–Kier alpha value is -1.22. The second-order valence-electron chi connectivity index (χ2n) is 7.39. The fourth-order valence-electron chi connectivity index (χ4n) is 5.57.